The third kappa shape index (κ3) is 6.68. The van der Waals surface area contributed by atoms with Gasteiger partial charge in [0, 0.05) is 23.5 Å². The minimum atomic E-state index is -1.19. The molecule has 2 N–H and O–H groups in total. The Hall–Kier alpha value is -4.77. The number of nitrogens with zero attached hydrogens (tertiary/aromatic N) is 3. The molecule has 2 heterocycles. The summed E-state index contributed by atoms with van der Waals surface area (Å²) in [6.45, 7) is 4.57. The lowest BCUT2D eigenvalue weighted by molar-refractivity contribution is -0.131. The van der Waals surface area contributed by atoms with Crippen molar-refractivity contribution in [2.24, 2.45) is 11.3 Å². The third-order valence-electron chi connectivity index (χ3n) is 8.52. The van der Waals surface area contributed by atoms with Gasteiger partial charge in [-0.15, -0.1) is 0 Å². The molecule has 11 heteroatoms. The molecule has 2 amide bonds. The summed E-state index contributed by atoms with van der Waals surface area (Å²) in [5, 5.41) is 6.04. The van der Waals surface area contributed by atoms with Gasteiger partial charge in [-0.1, -0.05) is 17.7 Å². The molecule has 2 fully saturated rings. The van der Waals surface area contributed by atoms with Crippen LogP contribution in [0.1, 0.15) is 31.2 Å². The summed E-state index contributed by atoms with van der Waals surface area (Å²) >= 11 is 0. The minimum absolute atomic E-state index is 0.0872. The number of benzene rings is 3. The second-order valence-electron chi connectivity index (χ2n) is 11.9. The van der Waals surface area contributed by atoms with E-state index < -0.39 is 17.1 Å². The molecule has 1 aliphatic heterocycles. The first-order chi connectivity index (χ1) is 21.7. The zero-order valence-corrected chi connectivity index (χ0v) is 25.6. The first-order valence-electron chi connectivity index (χ1n) is 15.0. The van der Waals surface area contributed by atoms with Gasteiger partial charge in [0.15, 0.2) is 23.1 Å². The van der Waals surface area contributed by atoms with Crippen molar-refractivity contribution in [1.82, 2.24) is 14.9 Å². The number of hydrogen-bond donors (Lipinski definition) is 2. The molecule has 4 aromatic rings. The number of ether oxygens (including phenoxy) is 3. The van der Waals surface area contributed by atoms with Crippen molar-refractivity contribution in [3.8, 4) is 23.1 Å². The van der Waals surface area contributed by atoms with E-state index in [9.17, 15) is 9.59 Å². The van der Waals surface area contributed by atoms with Crippen molar-refractivity contribution in [2.45, 2.75) is 32.6 Å². The predicted molar refractivity (Wildman–Crippen MR) is 168 cm³/mol. The number of aryl methyl sites for hydroxylation is 1. The Balaban J connectivity index is 1.15. The monoisotopic (exact) mass is 613 g/mol. The molecule has 234 valence electrons. The van der Waals surface area contributed by atoms with E-state index in [1.165, 1.54) is 18.5 Å². The number of rotatable bonds is 10. The predicted octanol–water partition coefficient (Wildman–Crippen LogP) is 5.96. The van der Waals surface area contributed by atoms with Gasteiger partial charge >= 0.3 is 0 Å². The number of methoxy groups -OCH3 is 1. The Morgan fingerprint density at radius 3 is 2.29 bits per heavy atom. The maximum atomic E-state index is 15.3. The molecule has 6 rings (SSSR count). The molecule has 3 aromatic carbocycles. The number of fused-ring (bicyclic) bond motifs is 1. The topological polar surface area (TPSA) is 115 Å². The highest BCUT2D eigenvalue weighted by Crippen LogP contribution is 2.47. The van der Waals surface area contributed by atoms with Crippen molar-refractivity contribution in [2.75, 3.05) is 44.5 Å². The Labute approximate surface area is 260 Å². The zero-order valence-electron chi connectivity index (χ0n) is 25.6. The smallest absolute Gasteiger partial charge is 0.240 e. The molecule has 1 saturated carbocycles. The number of aromatic nitrogens is 2. The molecule has 45 heavy (non-hydrogen) atoms. The van der Waals surface area contributed by atoms with E-state index in [-0.39, 0.29) is 23.2 Å². The number of hydrogen-bond acceptors (Lipinski definition) is 8. The number of likely N-dealkylation sites (tertiary alicyclic amines) is 1. The minimum Gasteiger partial charge on any atom is -0.493 e. The van der Waals surface area contributed by atoms with Gasteiger partial charge in [0.05, 0.1) is 24.6 Å². The lowest BCUT2D eigenvalue weighted by atomic mass is 9.98. The van der Waals surface area contributed by atoms with Crippen LogP contribution in [0, 0.1) is 24.1 Å². The van der Waals surface area contributed by atoms with Crippen LogP contribution in [0.15, 0.2) is 60.9 Å². The highest BCUT2D eigenvalue weighted by Gasteiger charge is 2.56. The van der Waals surface area contributed by atoms with Gasteiger partial charge in [-0.3, -0.25) is 9.59 Å². The molecule has 0 unspecified atom stereocenters. The van der Waals surface area contributed by atoms with E-state index in [1.54, 1.807) is 31.4 Å². The van der Waals surface area contributed by atoms with Gasteiger partial charge in [-0.2, -0.15) is 0 Å². The normalized spacial score (nSPS) is 16.2. The first kappa shape index (κ1) is 30.3. The first-order valence-corrected chi connectivity index (χ1v) is 15.0. The fourth-order valence-corrected chi connectivity index (χ4v) is 5.42. The Bertz CT molecular complexity index is 1720. The molecule has 10 nitrogen and oxygen atoms in total. The van der Waals surface area contributed by atoms with E-state index in [2.05, 4.69) is 32.5 Å². The SMILES string of the molecule is COc1cc2ncnc(Oc3ccc(NC(=O)C4(C(=O)Nc5ccc(C)cc5)CC4)cc3F)c2cc1OCC1CCN(C)CC1. The summed E-state index contributed by atoms with van der Waals surface area (Å²) in [7, 11) is 3.69. The second-order valence-corrected chi connectivity index (χ2v) is 11.9. The number of piperidine rings is 1. The molecule has 1 saturated heterocycles. The number of carbonyl (C=O) groups is 2. The van der Waals surface area contributed by atoms with Crippen LogP contribution >= 0.6 is 0 Å². The largest absolute Gasteiger partial charge is 0.493 e. The Kier molecular flexibility index (Phi) is 8.53. The summed E-state index contributed by atoms with van der Waals surface area (Å²) < 4.78 is 32.9. The lowest BCUT2D eigenvalue weighted by Gasteiger charge is -2.28. The Morgan fingerprint density at radius 1 is 0.933 bits per heavy atom. The van der Waals surface area contributed by atoms with Crippen LogP contribution in [-0.2, 0) is 9.59 Å². The van der Waals surface area contributed by atoms with Crippen LogP contribution in [0.4, 0.5) is 15.8 Å². The van der Waals surface area contributed by atoms with Crippen molar-refractivity contribution < 1.29 is 28.2 Å². The van der Waals surface area contributed by atoms with Crippen molar-refractivity contribution in [3.05, 3.63) is 72.3 Å². The van der Waals surface area contributed by atoms with E-state index in [0.717, 1.165) is 37.6 Å². The zero-order chi connectivity index (χ0) is 31.6. The number of nitrogens with one attached hydrogen (secondary N) is 2. The summed E-state index contributed by atoms with van der Waals surface area (Å²) in [6, 6.07) is 14.9. The summed E-state index contributed by atoms with van der Waals surface area (Å²) in [5.41, 5.74) is 1.24. The molecule has 0 spiro atoms. The average molecular weight is 614 g/mol. The van der Waals surface area contributed by atoms with Gasteiger partial charge < -0.3 is 29.7 Å². The average Bonchev–Trinajstić information content (AvgIpc) is 3.85. The molecular formula is C34H36FN5O5. The molecule has 1 aromatic heterocycles. The lowest BCUT2D eigenvalue weighted by Crippen LogP contribution is -2.35. The quantitative estimate of drug-likeness (QED) is 0.211. The summed E-state index contributed by atoms with van der Waals surface area (Å²) in [6.07, 6.45) is 4.27. The maximum absolute atomic E-state index is 15.3. The van der Waals surface area contributed by atoms with Crippen LogP contribution in [0.5, 0.6) is 23.1 Å². The van der Waals surface area contributed by atoms with E-state index in [1.807, 2.05) is 19.1 Å². The molecule has 0 bridgehead atoms. The van der Waals surface area contributed by atoms with Crippen LogP contribution in [0.3, 0.4) is 0 Å². The van der Waals surface area contributed by atoms with Crippen LogP contribution in [-0.4, -0.2) is 60.5 Å². The molecular weight excluding hydrogens is 577 g/mol. The standard InChI is InChI=1S/C34H36FN5O5/c1-21-4-6-23(7-5-21)38-32(41)34(12-13-34)33(42)39-24-8-9-28(26(35)16-24)45-31-25-17-30(29(43-3)18-27(25)36-20-37-31)44-19-22-10-14-40(2)15-11-22/h4-9,16-18,20,22H,10-15,19H2,1-3H3,(H,38,41)(H,39,42). The van der Waals surface area contributed by atoms with Gasteiger partial charge in [-0.05, 0) is 89.0 Å². The van der Waals surface area contributed by atoms with Gasteiger partial charge in [0.25, 0.3) is 0 Å². The number of amides is 2. The molecule has 0 atom stereocenters. The fourth-order valence-electron chi connectivity index (χ4n) is 5.42. The highest BCUT2D eigenvalue weighted by molar-refractivity contribution is 6.16. The van der Waals surface area contributed by atoms with E-state index in [0.29, 0.717) is 53.5 Å². The van der Waals surface area contributed by atoms with Crippen molar-refractivity contribution >= 4 is 34.1 Å². The van der Waals surface area contributed by atoms with Crippen molar-refractivity contribution in [3.63, 3.8) is 0 Å². The maximum Gasteiger partial charge on any atom is 0.240 e. The van der Waals surface area contributed by atoms with Gasteiger partial charge in [0.2, 0.25) is 17.7 Å². The molecule has 2 aliphatic rings. The van der Waals surface area contributed by atoms with Crippen LogP contribution in [0.2, 0.25) is 0 Å². The molecule has 1 aliphatic carbocycles. The fraction of sp³-hybridized carbons (Fsp3) is 0.353. The third-order valence-corrected chi connectivity index (χ3v) is 8.52. The summed E-state index contributed by atoms with van der Waals surface area (Å²) in [4.78, 5) is 36.9. The number of carbonyl (C=O) groups excluding carboxylic acids is 2. The second kappa shape index (κ2) is 12.7. The number of halogens is 1. The van der Waals surface area contributed by atoms with Crippen molar-refractivity contribution in [1.29, 1.82) is 0 Å². The van der Waals surface area contributed by atoms with E-state index >= 15 is 4.39 Å². The van der Waals surface area contributed by atoms with Gasteiger partial charge in [0.1, 0.15) is 11.7 Å². The Morgan fingerprint density at radius 2 is 1.62 bits per heavy atom. The number of anilines is 2. The van der Waals surface area contributed by atoms with Gasteiger partial charge in [-0.25, -0.2) is 14.4 Å². The molecule has 0 radical (unpaired) electrons. The van der Waals surface area contributed by atoms with Crippen LogP contribution < -0.4 is 24.8 Å². The highest BCUT2D eigenvalue weighted by atomic mass is 19.1. The summed E-state index contributed by atoms with van der Waals surface area (Å²) in [5.74, 6) is -0.0107. The van der Waals surface area contributed by atoms with E-state index in [4.69, 9.17) is 14.2 Å². The van der Waals surface area contributed by atoms with Crippen LogP contribution in [0.25, 0.3) is 10.9 Å².